The van der Waals surface area contributed by atoms with Crippen molar-refractivity contribution in [1.29, 1.82) is 0 Å². The summed E-state index contributed by atoms with van der Waals surface area (Å²) >= 11 is 0. The van der Waals surface area contributed by atoms with Crippen molar-refractivity contribution in [1.82, 2.24) is 5.32 Å². The molecular weight excluding hydrogens is 261 g/mol. The molecule has 1 rings (SSSR count). The maximum absolute atomic E-state index is 13.0. The minimum absolute atomic E-state index is 0.0315. The second kappa shape index (κ2) is 8.66. The van der Waals surface area contributed by atoms with E-state index in [1.807, 2.05) is 6.92 Å². The quantitative estimate of drug-likeness (QED) is 0.719. The lowest BCUT2D eigenvalue weighted by molar-refractivity contribution is -0.132. The molecule has 0 bridgehead atoms. The van der Waals surface area contributed by atoms with Crippen LogP contribution in [0.25, 0.3) is 0 Å². The largest absolute Gasteiger partial charge is 0.387 e. The number of aliphatic hydroxyl groups is 1. The van der Waals surface area contributed by atoms with Crippen LogP contribution in [0.5, 0.6) is 0 Å². The van der Waals surface area contributed by atoms with Gasteiger partial charge >= 0.3 is 0 Å². The van der Waals surface area contributed by atoms with Gasteiger partial charge in [0.2, 0.25) is 5.91 Å². The fourth-order valence-corrected chi connectivity index (χ4v) is 1.65. The van der Waals surface area contributed by atoms with Gasteiger partial charge in [-0.05, 0) is 31.0 Å². The molecule has 0 aliphatic heterocycles. The predicted molar refractivity (Wildman–Crippen MR) is 74.7 cm³/mol. The first-order chi connectivity index (χ1) is 9.54. The van der Waals surface area contributed by atoms with Crippen LogP contribution in [0, 0.1) is 5.82 Å². The van der Waals surface area contributed by atoms with Crippen molar-refractivity contribution in [3.05, 3.63) is 35.6 Å². The van der Waals surface area contributed by atoms with E-state index in [0.29, 0.717) is 12.2 Å². The molecule has 0 spiro atoms. The molecule has 5 heteroatoms. The molecule has 1 amide bonds. The first-order valence-corrected chi connectivity index (χ1v) is 6.87. The van der Waals surface area contributed by atoms with Gasteiger partial charge in [-0.2, -0.15) is 0 Å². The van der Waals surface area contributed by atoms with E-state index < -0.39 is 18.0 Å². The van der Waals surface area contributed by atoms with E-state index in [0.717, 1.165) is 12.8 Å². The van der Waals surface area contributed by atoms with E-state index in [2.05, 4.69) is 5.32 Å². The zero-order chi connectivity index (χ0) is 15.0. The molecule has 2 unspecified atom stereocenters. The molecule has 1 aromatic rings. The Labute approximate surface area is 119 Å². The Kier molecular flexibility index (Phi) is 7.18. The van der Waals surface area contributed by atoms with Crippen LogP contribution in [0.2, 0.25) is 0 Å². The normalized spacial score (nSPS) is 13.8. The highest BCUT2D eigenvalue weighted by Crippen LogP contribution is 2.13. The molecule has 0 saturated heterocycles. The standard InChI is InChI=1S/C15H22FNO3/c1-3-4-8-20-11(2)15(19)17-10-14(18)12-6-5-7-13(16)9-12/h5-7,9,11,14,18H,3-4,8,10H2,1-2H3,(H,17,19). The first-order valence-electron chi connectivity index (χ1n) is 6.87. The van der Waals surface area contributed by atoms with Gasteiger partial charge in [0.15, 0.2) is 0 Å². The van der Waals surface area contributed by atoms with Gasteiger partial charge in [-0.3, -0.25) is 4.79 Å². The van der Waals surface area contributed by atoms with Crippen LogP contribution in [0.3, 0.4) is 0 Å². The summed E-state index contributed by atoms with van der Waals surface area (Å²) < 4.78 is 18.4. The van der Waals surface area contributed by atoms with Gasteiger partial charge in [0.1, 0.15) is 11.9 Å². The molecule has 0 aliphatic rings. The van der Waals surface area contributed by atoms with E-state index >= 15 is 0 Å². The predicted octanol–water partition coefficient (Wildman–Crippen LogP) is 2.18. The molecule has 0 heterocycles. The summed E-state index contributed by atoms with van der Waals surface area (Å²) in [6.07, 6.45) is 0.426. The summed E-state index contributed by atoms with van der Waals surface area (Å²) in [7, 11) is 0. The van der Waals surface area contributed by atoms with Crippen LogP contribution in [-0.4, -0.2) is 30.3 Å². The van der Waals surface area contributed by atoms with E-state index in [-0.39, 0.29) is 12.5 Å². The summed E-state index contributed by atoms with van der Waals surface area (Å²) in [6.45, 7) is 4.28. The van der Waals surface area contributed by atoms with E-state index in [1.165, 1.54) is 18.2 Å². The molecule has 20 heavy (non-hydrogen) atoms. The summed E-state index contributed by atoms with van der Waals surface area (Å²) in [5, 5.41) is 12.5. The summed E-state index contributed by atoms with van der Waals surface area (Å²) in [6, 6.07) is 5.68. The Morgan fingerprint density at radius 2 is 2.25 bits per heavy atom. The highest BCUT2D eigenvalue weighted by atomic mass is 19.1. The first kappa shape index (κ1) is 16.6. The number of halogens is 1. The zero-order valence-electron chi connectivity index (χ0n) is 11.9. The maximum atomic E-state index is 13.0. The van der Waals surface area contributed by atoms with Crippen molar-refractivity contribution in [2.24, 2.45) is 0 Å². The molecule has 0 saturated carbocycles. The molecule has 2 N–H and O–H groups in total. The van der Waals surface area contributed by atoms with Gasteiger partial charge in [0.05, 0.1) is 6.10 Å². The van der Waals surface area contributed by atoms with Gasteiger partial charge in [-0.15, -0.1) is 0 Å². The number of rotatable bonds is 8. The number of carbonyl (C=O) groups is 1. The molecule has 0 fully saturated rings. The van der Waals surface area contributed by atoms with Crippen molar-refractivity contribution in [2.45, 2.75) is 38.9 Å². The zero-order valence-corrected chi connectivity index (χ0v) is 11.9. The van der Waals surface area contributed by atoms with Crippen molar-refractivity contribution >= 4 is 5.91 Å². The summed E-state index contributed by atoms with van der Waals surface area (Å²) in [5.41, 5.74) is 0.435. The topological polar surface area (TPSA) is 58.6 Å². The molecule has 112 valence electrons. The van der Waals surface area contributed by atoms with E-state index in [9.17, 15) is 14.3 Å². The molecule has 1 aromatic carbocycles. The average molecular weight is 283 g/mol. The third-order valence-corrected chi connectivity index (χ3v) is 2.94. The summed E-state index contributed by atoms with van der Waals surface area (Å²) in [4.78, 5) is 11.7. The van der Waals surface area contributed by atoms with Gasteiger partial charge < -0.3 is 15.2 Å². The number of hydrogen-bond acceptors (Lipinski definition) is 3. The summed E-state index contributed by atoms with van der Waals surface area (Å²) in [5.74, 6) is -0.694. The fraction of sp³-hybridized carbons (Fsp3) is 0.533. The number of unbranched alkanes of at least 4 members (excludes halogenated alkanes) is 1. The number of benzene rings is 1. The van der Waals surface area contributed by atoms with Crippen LogP contribution in [0.15, 0.2) is 24.3 Å². The molecule has 0 radical (unpaired) electrons. The highest BCUT2D eigenvalue weighted by Gasteiger charge is 2.15. The Morgan fingerprint density at radius 1 is 1.50 bits per heavy atom. The van der Waals surface area contributed by atoms with Gasteiger partial charge in [0, 0.05) is 13.2 Å². The molecule has 0 aromatic heterocycles. The van der Waals surface area contributed by atoms with Crippen molar-refractivity contribution in [3.8, 4) is 0 Å². The maximum Gasteiger partial charge on any atom is 0.248 e. The van der Waals surface area contributed by atoms with Crippen molar-refractivity contribution in [2.75, 3.05) is 13.2 Å². The van der Waals surface area contributed by atoms with Crippen LogP contribution in [0.1, 0.15) is 38.4 Å². The lowest BCUT2D eigenvalue weighted by Gasteiger charge is -2.16. The number of aliphatic hydroxyl groups excluding tert-OH is 1. The molecule has 0 aliphatic carbocycles. The number of carbonyl (C=O) groups excluding carboxylic acids is 1. The van der Waals surface area contributed by atoms with Crippen LogP contribution >= 0.6 is 0 Å². The van der Waals surface area contributed by atoms with Crippen molar-refractivity contribution < 1.29 is 19.0 Å². The smallest absolute Gasteiger partial charge is 0.248 e. The third-order valence-electron chi connectivity index (χ3n) is 2.94. The Bertz CT molecular complexity index is 425. The highest BCUT2D eigenvalue weighted by molar-refractivity contribution is 5.80. The molecular formula is C15H22FNO3. The van der Waals surface area contributed by atoms with Gasteiger partial charge in [0.25, 0.3) is 0 Å². The Hall–Kier alpha value is -1.46. The number of nitrogens with one attached hydrogen (secondary N) is 1. The van der Waals surface area contributed by atoms with Crippen LogP contribution in [-0.2, 0) is 9.53 Å². The van der Waals surface area contributed by atoms with Crippen molar-refractivity contribution in [3.63, 3.8) is 0 Å². The lowest BCUT2D eigenvalue weighted by atomic mass is 10.1. The van der Waals surface area contributed by atoms with E-state index in [4.69, 9.17) is 4.74 Å². The fourth-order valence-electron chi connectivity index (χ4n) is 1.65. The van der Waals surface area contributed by atoms with Gasteiger partial charge in [-0.1, -0.05) is 25.5 Å². The average Bonchev–Trinajstić information content (AvgIpc) is 2.44. The van der Waals surface area contributed by atoms with Crippen LogP contribution < -0.4 is 5.32 Å². The number of hydrogen-bond donors (Lipinski definition) is 2. The third kappa shape index (κ3) is 5.67. The lowest BCUT2D eigenvalue weighted by Crippen LogP contribution is -2.37. The second-order valence-corrected chi connectivity index (χ2v) is 4.68. The number of ether oxygens (including phenoxy) is 1. The molecule has 2 atom stereocenters. The number of amides is 1. The second-order valence-electron chi connectivity index (χ2n) is 4.68. The Morgan fingerprint density at radius 3 is 2.90 bits per heavy atom. The van der Waals surface area contributed by atoms with Crippen LogP contribution in [0.4, 0.5) is 4.39 Å². The SMILES string of the molecule is CCCCOC(C)C(=O)NCC(O)c1cccc(F)c1. The Balaban J connectivity index is 2.36. The monoisotopic (exact) mass is 283 g/mol. The van der Waals surface area contributed by atoms with E-state index in [1.54, 1.807) is 13.0 Å². The minimum atomic E-state index is -0.933. The minimum Gasteiger partial charge on any atom is -0.387 e. The van der Waals surface area contributed by atoms with Gasteiger partial charge in [-0.25, -0.2) is 4.39 Å². The molecule has 4 nitrogen and oxygen atoms in total.